The average molecular weight is 142 g/mol. The monoisotopic (exact) mass is 142 g/mol. The van der Waals surface area contributed by atoms with Gasteiger partial charge in [-0.3, -0.25) is 5.01 Å². The standard InChI is InChI=1S/C6H14N4/c1-9(2)4-6-5-10(3)8-7-6/h5,7-8H,4H2,1-3H3. The highest BCUT2D eigenvalue weighted by Crippen LogP contribution is 1.96. The van der Waals surface area contributed by atoms with Gasteiger partial charge in [-0.2, -0.15) is 0 Å². The molecule has 0 bridgehead atoms. The number of hydrogen-bond acceptors (Lipinski definition) is 4. The van der Waals surface area contributed by atoms with E-state index in [1.165, 1.54) is 5.70 Å². The van der Waals surface area contributed by atoms with E-state index in [0.717, 1.165) is 6.54 Å². The molecule has 0 saturated carbocycles. The third-order valence-electron chi connectivity index (χ3n) is 1.23. The first-order valence-electron chi connectivity index (χ1n) is 3.28. The van der Waals surface area contributed by atoms with Crippen molar-refractivity contribution in [3.63, 3.8) is 0 Å². The first-order valence-corrected chi connectivity index (χ1v) is 3.28. The van der Waals surface area contributed by atoms with E-state index in [4.69, 9.17) is 0 Å². The molecule has 4 heteroatoms. The second kappa shape index (κ2) is 2.90. The summed E-state index contributed by atoms with van der Waals surface area (Å²) in [6.07, 6.45) is 2.03. The number of nitrogens with zero attached hydrogens (tertiary/aromatic N) is 2. The summed E-state index contributed by atoms with van der Waals surface area (Å²) in [6.45, 7) is 0.942. The maximum Gasteiger partial charge on any atom is 0.0593 e. The normalized spacial score (nSPS) is 17.6. The van der Waals surface area contributed by atoms with Gasteiger partial charge in [-0.25, -0.2) is 0 Å². The van der Waals surface area contributed by atoms with E-state index < -0.39 is 0 Å². The van der Waals surface area contributed by atoms with Crippen molar-refractivity contribution >= 4 is 0 Å². The molecule has 1 rings (SSSR count). The fraction of sp³-hybridized carbons (Fsp3) is 0.667. The van der Waals surface area contributed by atoms with E-state index in [2.05, 4.69) is 15.9 Å². The van der Waals surface area contributed by atoms with Gasteiger partial charge in [-0.15, -0.1) is 5.53 Å². The second-order valence-corrected chi connectivity index (χ2v) is 2.74. The van der Waals surface area contributed by atoms with Crippen LogP contribution < -0.4 is 11.0 Å². The third kappa shape index (κ3) is 1.89. The molecule has 0 radical (unpaired) electrons. The van der Waals surface area contributed by atoms with Gasteiger partial charge in [0, 0.05) is 19.8 Å². The van der Waals surface area contributed by atoms with Gasteiger partial charge in [0.25, 0.3) is 0 Å². The molecule has 0 atom stereocenters. The Bertz CT molecular complexity index is 141. The second-order valence-electron chi connectivity index (χ2n) is 2.74. The summed E-state index contributed by atoms with van der Waals surface area (Å²) in [5.41, 5.74) is 7.16. The van der Waals surface area contributed by atoms with Crippen LogP contribution in [0.4, 0.5) is 0 Å². The van der Waals surface area contributed by atoms with Gasteiger partial charge in [0.05, 0.1) is 5.70 Å². The van der Waals surface area contributed by atoms with Crippen molar-refractivity contribution in [2.75, 3.05) is 27.7 Å². The van der Waals surface area contributed by atoms with Crippen molar-refractivity contribution in [2.24, 2.45) is 0 Å². The first-order chi connectivity index (χ1) is 4.68. The Hall–Kier alpha value is -0.740. The van der Waals surface area contributed by atoms with E-state index in [1.54, 1.807) is 0 Å². The van der Waals surface area contributed by atoms with E-state index >= 15 is 0 Å². The van der Waals surface area contributed by atoms with Gasteiger partial charge in [-0.05, 0) is 14.1 Å². The van der Waals surface area contributed by atoms with Crippen LogP contribution in [-0.4, -0.2) is 37.6 Å². The molecule has 0 aromatic carbocycles. The minimum atomic E-state index is 0.942. The molecule has 0 spiro atoms. The van der Waals surface area contributed by atoms with Crippen LogP contribution in [0.1, 0.15) is 0 Å². The van der Waals surface area contributed by atoms with Crippen LogP contribution in [-0.2, 0) is 0 Å². The van der Waals surface area contributed by atoms with Gasteiger partial charge >= 0.3 is 0 Å². The topological polar surface area (TPSA) is 30.5 Å². The Kier molecular flexibility index (Phi) is 2.13. The third-order valence-corrected chi connectivity index (χ3v) is 1.23. The summed E-state index contributed by atoms with van der Waals surface area (Å²) >= 11 is 0. The Balaban J connectivity index is 2.35. The van der Waals surface area contributed by atoms with Crippen LogP contribution >= 0.6 is 0 Å². The highest BCUT2D eigenvalue weighted by Gasteiger charge is 2.06. The molecule has 4 nitrogen and oxygen atoms in total. The van der Waals surface area contributed by atoms with Gasteiger partial charge in [0.1, 0.15) is 0 Å². The Morgan fingerprint density at radius 2 is 2.30 bits per heavy atom. The fourth-order valence-electron chi connectivity index (χ4n) is 0.879. The van der Waals surface area contributed by atoms with Gasteiger partial charge in [0.2, 0.25) is 0 Å². The zero-order valence-corrected chi connectivity index (χ0v) is 6.68. The lowest BCUT2D eigenvalue weighted by Crippen LogP contribution is -2.35. The minimum Gasteiger partial charge on any atom is -0.305 e. The summed E-state index contributed by atoms with van der Waals surface area (Å²) in [4.78, 5) is 2.11. The fourth-order valence-corrected chi connectivity index (χ4v) is 0.879. The van der Waals surface area contributed by atoms with Crippen molar-refractivity contribution in [1.82, 2.24) is 20.9 Å². The van der Waals surface area contributed by atoms with Crippen LogP contribution in [0, 0.1) is 0 Å². The molecule has 0 aromatic rings. The number of rotatable bonds is 2. The molecule has 0 aliphatic carbocycles. The molecule has 0 fully saturated rings. The molecule has 1 heterocycles. The Morgan fingerprint density at radius 1 is 1.60 bits per heavy atom. The molecular formula is C6H14N4. The quantitative estimate of drug-likeness (QED) is 0.536. The molecule has 0 amide bonds. The number of hydrazine groups is 2. The zero-order valence-electron chi connectivity index (χ0n) is 6.68. The smallest absolute Gasteiger partial charge is 0.0593 e. The van der Waals surface area contributed by atoms with Gasteiger partial charge in [0.15, 0.2) is 0 Å². The number of likely N-dealkylation sites (N-methyl/N-ethyl adjacent to an activating group) is 1. The lowest BCUT2D eigenvalue weighted by molar-refractivity contribution is 0.323. The molecule has 10 heavy (non-hydrogen) atoms. The lowest BCUT2D eigenvalue weighted by atomic mass is 10.4. The maximum atomic E-state index is 3.03. The molecule has 1 aliphatic rings. The molecule has 58 valence electrons. The van der Waals surface area contributed by atoms with Crippen molar-refractivity contribution in [3.05, 3.63) is 11.9 Å². The summed E-state index contributed by atoms with van der Waals surface area (Å²) in [5.74, 6) is 0. The highest BCUT2D eigenvalue weighted by atomic mass is 15.7. The molecule has 0 aromatic heterocycles. The largest absolute Gasteiger partial charge is 0.305 e. The summed E-state index contributed by atoms with van der Waals surface area (Å²) in [6, 6.07) is 0. The highest BCUT2D eigenvalue weighted by molar-refractivity contribution is 5.02. The number of hydrogen-bond donors (Lipinski definition) is 2. The zero-order chi connectivity index (χ0) is 7.56. The molecule has 1 aliphatic heterocycles. The van der Waals surface area contributed by atoms with E-state index in [0.29, 0.717) is 0 Å². The predicted molar refractivity (Wildman–Crippen MR) is 40.7 cm³/mol. The van der Waals surface area contributed by atoms with Crippen molar-refractivity contribution in [3.8, 4) is 0 Å². The van der Waals surface area contributed by atoms with Gasteiger partial charge < -0.3 is 10.3 Å². The van der Waals surface area contributed by atoms with Crippen LogP contribution in [0.3, 0.4) is 0 Å². The van der Waals surface area contributed by atoms with Crippen LogP contribution in [0.25, 0.3) is 0 Å². The first kappa shape index (κ1) is 7.37. The SMILES string of the molecule is CN(C)CC1=CN(C)NN1. The summed E-state index contributed by atoms with van der Waals surface area (Å²) in [7, 11) is 6.04. The lowest BCUT2D eigenvalue weighted by Gasteiger charge is -2.09. The minimum absolute atomic E-state index is 0.942. The van der Waals surface area contributed by atoms with Crippen molar-refractivity contribution in [1.29, 1.82) is 0 Å². The van der Waals surface area contributed by atoms with Gasteiger partial charge in [-0.1, -0.05) is 0 Å². The molecule has 0 unspecified atom stereocenters. The Morgan fingerprint density at radius 3 is 2.70 bits per heavy atom. The molecular weight excluding hydrogens is 128 g/mol. The molecule has 2 N–H and O–H groups in total. The average Bonchev–Trinajstić information content (AvgIpc) is 2.13. The predicted octanol–water partition coefficient (Wildman–Crippen LogP) is -0.656. The molecule has 0 saturated heterocycles. The van der Waals surface area contributed by atoms with E-state index in [9.17, 15) is 0 Å². The van der Waals surface area contributed by atoms with Crippen LogP contribution in [0.5, 0.6) is 0 Å². The van der Waals surface area contributed by atoms with Crippen LogP contribution in [0.15, 0.2) is 11.9 Å². The van der Waals surface area contributed by atoms with E-state index in [-0.39, 0.29) is 0 Å². The maximum absolute atomic E-state index is 3.03. The Labute approximate surface area is 61.4 Å². The van der Waals surface area contributed by atoms with Crippen molar-refractivity contribution in [2.45, 2.75) is 0 Å². The summed E-state index contributed by atoms with van der Waals surface area (Å²) < 4.78 is 0. The van der Waals surface area contributed by atoms with Crippen LogP contribution in [0.2, 0.25) is 0 Å². The summed E-state index contributed by atoms with van der Waals surface area (Å²) in [5, 5.41) is 1.89. The van der Waals surface area contributed by atoms with Crippen molar-refractivity contribution < 1.29 is 0 Å². The number of nitrogens with one attached hydrogen (secondary N) is 2. The van der Waals surface area contributed by atoms with E-state index in [1.807, 2.05) is 32.4 Å².